The normalized spacial score (nSPS) is 18.8. The average molecular weight is 279 g/mol. The molecule has 1 N–H and O–H groups in total. The number of nitrogens with zero attached hydrogens (tertiary/aromatic N) is 2. The molecular weight excluding hydrogens is 257 g/mol. The first-order valence-corrected chi connectivity index (χ1v) is 7.35. The van der Waals surface area contributed by atoms with E-state index >= 15 is 0 Å². The summed E-state index contributed by atoms with van der Waals surface area (Å²) >= 11 is 0. The summed E-state index contributed by atoms with van der Waals surface area (Å²) in [4.78, 5) is 18.1. The zero-order chi connectivity index (χ0) is 14.4. The van der Waals surface area contributed by atoms with Crippen LogP contribution in [-0.2, 0) is 0 Å². The molecule has 110 valence electrons. The highest BCUT2D eigenvalue weighted by molar-refractivity contribution is 5.92. The van der Waals surface area contributed by atoms with Crippen LogP contribution in [-0.4, -0.2) is 41.5 Å². The number of nitrogens with one attached hydrogen (secondary N) is 1. The first-order chi connectivity index (χ1) is 9.70. The second-order valence-electron chi connectivity index (χ2n) is 5.26. The minimum absolute atomic E-state index is 0.112. The molecule has 1 atom stereocenters. The van der Waals surface area contributed by atoms with Crippen LogP contribution < -0.4 is 5.32 Å². The number of carbonyl (C=O) groups excluding carboxylic acids is 1. The van der Waals surface area contributed by atoms with Crippen molar-refractivity contribution in [1.29, 1.82) is 0 Å². The SMILES string of the molecule is CCCN(CC1CCCCN1)C(=O)c1ccc(F)cn1. The van der Waals surface area contributed by atoms with Crippen molar-refractivity contribution in [2.45, 2.75) is 38.6 Å². The maximum Gasteiger partial charge on any atom is 0.272 e. The van der Waals surface area contributed by atoms with Crippen LogP contribution in [0.2, 0.25) is 0 Å². The van der Waals surface area contributed by atoms with Crippen molar-refractivity contribution in [1.82, 2.24) is 15.2 Å². The Morgan fingerprint density at radius 1 is 1.50 bits per heavy atom. The van der Waals surface area contributed by atoms with Crippen LogP contribution >= 0.6 is 0 Å². The molecule has 1 aliphatic heterocycles. The van der Waals surface area contributed by atoms with E-state index in [0.29, 0.717) is 24.8 Å². The van der Waals surface area contributed by atoms with Crippen LogP contribution in [0.4, 0.5) is 4.39 Å². The molecule has 1 saturated heterocycles. The van der Waals surface area contributed by atoms with Gasteiger partial charge in [0.25, 0.3) is 5.91 Å². The Morgan fingerprint density at radius 3 is 2.95 bits per heavy atom. The second-order valence-corrected chi connectivity index (χ2v) is 5.26. The fourth-order valence-corrected chi connectivity index (χ4v) is 2.56. The minimum atomic E-state index is -0.419. The quantitative estimate of drug-likeness (QED) is 0.899. The van der Waals surface area contributed by atoms with Crippen molar-refractivity contribution in [3.8, 4) is 0 Å². The predicted octanol–water partition coefficient (Wildman–Crippen LogP) is 2.21. The highest BCUT2D eigenvalue weighted by Gasteiger charge is 2.21. The number of hydrogen-bond acceptors (Lipinski definition) is 3. The number of halogens is 1. The molecule has 0 aromatic carbocycles. The van der Waals surface area contributed by atoms with Gasteiger partial charge >= 0.3 is 0 Å². The Labute approximate surface area is 119 Å². The lowest BCUT2D eigenvalue weighted by Crippen LogP contribution is -2.46. The fourth-order valence-electron chi connectivity index (χ4n) is 2.56. The lowest BCUT2D eigenvalue weighted by Gasteiger charge is -2.30. The van der Waals surface area contributed by atoms with Gasteiger partial charge in [0.15, 0.2) is 0 Å². The largest absolute Gasteiger partial charge is 0.336 e. The molecule has 20 heavy (non-hydrogen) atoms. The van der Waals surface area contributed by atoms with E-state index in [2.05, 4.69) is 10.3 Å². The summed E-state index contributed by atoms with van der Waals surface area (Å²) in [7, 11) is 0. The van der Waals surface area contributed by atoms with E-state index in [-0.39, 0.29) is 5.91 Å². The molecule has 1 fully saturated rings. The molecule has 0 bridgehead atoms. The van der Waals surface area contributed by atoms with E-state index < -0.39 is 5.82 Å². The zero-order valence-electron chi connectivity index (χ0n) is 11.9. The van der Waals surface area contributed by atoms with E-state index in [1.807, 2.05) is 11.8 Å². The molecule has 0 aliphatic carbocycles. The third-order valence-corrected chi connectivity index (χ3v) is 3.58. The molecule has 1 aromatic rings. The maximum atomic E-state index is 12.9. The Balaban J connectivity index is 2.02. The van der Waals surface area contributed by atoms with Crippen LogP contribution in [0.25, 0.3) is 0 Å². The van der Waals surface area contributed by atoms with E-state index in [1.54, 1.807) is 0 Å². The molecule has 1 aromatic heterocycles. The summed E-state index contributed by atoms with van der Waals surface area (Å²) in [5.74, 6) is -0.531. The van der Waals surface area contributed by atoms with Crippen molar-refractivity contribution in [3.05, 3.63) is 29.8 Å². The highest BCUT2D eigenvalue weighted by Crippen LogP contribution is 2.11. The van der Waals surface area contributed by atoms with Crippen molar-refractivity contribution in [2.24, 2.45) is 0 Å². The molecule has 0 saturated carbocycles. The third-order valence-electron chi connectivity index (χ3n) is 3.58. The number of pyridine rings is 1. The third kappa shape index (κ3) is 4.00. The molecule has 5 heteroatoms. The average Bonchev–Trinajstić information content (AvgIpc) is 2.48. The van der Waals surface area contributed by atoms with E-state index in [0.717, 1.165) is 25.6 Å². The number of rotatable bonds is 5. The summed E-state index contributed by atoms with van der Waals surface area (Å²) in [5, 5.41) is 3.45. The summed E-state index contributed by atoms with van der Waals surface area (Å²) in [6.07, 6.45) is 5.51. The van der Waals surface area contributed by atoms with Crippen LogP contribution in [0.1, 0.15) is 43.1 Å². The van der Waals surface area contributed by atoms with Gasteiger partial charge in [-0.2, -0.15) is 0 Å². The van der Waals surface area contributed by atoms with E-state index in [9.17, 15) is 9.18 Å². The molecule has 2 rings (SSSR count). The van der Waals surface area contributed by atoms with Gasteiger partial charge in [-0.25, -0.2) is 9.37 Å². The van der Waals surface area contributed by atoms with Crippen molar-refractivity contribution < 1.29 is 9.18 Å². The Hall–Kier alpha value is -1.49. The van der Waals surface area contributed by atoms with Gasteiger partial charge in [-0.3, -0.25) is 4.79 Å². The first-order valence-electron chi connectivity index (χ1n) is 7.35. The summed E-state index contributed by atoms with van der Waals surface area (Å²) in [6, 6.07) is 3.09. The topological polar surface area (TPSA) is 45.2 Å². The van der Waals surface area contributed by atoms with Gasteiger partial charge in [0.05, 0.1) is 6.20 Å². The van der Waals surface area contributed by atoms with E-state index in [1.165, 1.54) is 25.0 Å². The van der Waals surface area contributed by atoms with Crippen LogP contribution in [0.5, 0.6) is 0 Å². The number of aromatic nitrogens is 1. The zero-order valence-corrected chi connectivity index (χ0v) is 11.9. The minimum Gasteiger partial charge on any atom is -0.336 e. The smallest absolute Gasteiger partial charge is 0.272 e. The number of piperidine rings is 1. The Bertz CT molecular complexity index is 429. The van der Waals surface area contributed by atoms with Crippen LogP contribution in [0, 0.1) is 5.82 Å². The maximum absolute atomic E-state index is 12.9. The summed E-state index contributed by atoms with van der Waals surface area (Å²) in [6.45, 7) is 4.47. The molecular formula is C15H22FN3O. The number of hydrogen-bond donors (Lipinski definition) is 1. The Kier molecular flexibility index (Phi) is 5.47. The highest BCUT2D eigenvalue weighted by atomic mass is 19.1. The van der Waals surface area contributed by atoms with Gasteiger partial charge in [0, 0.05) is 19.1 Å². The van der Waals surface area contributed by atoms with Gasteiger partial charge in [-0.1, -0.05) is 13.3 Å². The van der Waals surface area contributed by atoms with Gasteiger partial charge < -0.3 is 10.2 Å². The summed E-state index contributed by atoms with van der Waals surface area (Å²) in [5.41, 5.74) is 0.315. The molecule has 1 unspecified atom stereocenters. The van der Waals surface area contributed by atoms with Crippen LogP contribution in [0.15, 0.2) is 18.3 Å². The van der Waals surface area contributed by atoms with Gasteiger partial charge in [0.1, 0.15) is 11.5 Å². The fraction of sp³-hybridized carbons (Fsp3) is 0.600. The van der Waals surface area contributed by atoms with Crippen molar-refractivity contribution in [2.75, 3.05) is 19.6 Å². The lowest BCUT2D eigenvalue weighted by atomic mass is 10.0. The monoisotopic (exact) mass is 279 g/mol. The van der Waals surface area contributed by atoms with Crippen molar-refractivity contribution in [3.63, 3.8) is 0 Å². The Morgan fingerprint density at radius 2 is 2.35 bits per heavy atom. The predicted molar refractivity (Wildman–Crippen MR) is 76.0 cm³/mol. The van der Waals surface area contributed by atoms with Crippen LogP contribution in [0.3, 0.4) is 0 Å². The molecule has 1 amide bonds. The molecule has 2 heterocycles. The number of amides is 1. The standard InChI is InChI=1S/C15H22FN3O/c1-2-9-19(11-13-5-3-4-8-17-13)15(20)14-7-6-12(16)10-18-14/h6-7,10,13,17H,2-5,8-9,11H2,1H3. The molecule has 4 nitrogen and oxygen atoms in total. The van der Waals surface area contributed by atoms with E-state index in [4.69, 9.17) is 0 Å². The molecule has 1 aliphatic rings. The lowest BCUT2D eigenvalue weighted by molar-refractivity contribution is 0.0725. The summed E-state index contributed by atoms with van der Waals surface area (Å²) < 4.78 is 12.9. The van der Waals surface area contributed by atoms with Gasteiger partial charge in [-0.15, -0.1) is 0 Å². The molecule has 0 radical (unpaired) electrons. The van der Waals surface area contributed by atoms with Gasteiger partial charge in [-0.05, 0) is 37.9 Å². The first kappa shape index (κ1) is 14.9. The van der Waals surface area contributed by atoms with Crippen molar-refractivity contribution >= 4 is 5.91 Å². The number of carbonyl (C=O) groups is 1. The second kappa shape index (κ2) is 7.33. The molecule has 0 spiro atoms. The van der Waals surface area contributed by atoms with Gasteiger partial charge in [0.2, 0.25) is 0 Å².